The van der Waals surface area contributed by atoms with E-state index in [0.717, 1.165) is 24.0 Å². The first-order valence-electron chi connectivity index (χ1n) is 11.2. The summed E-state index contributed by atoms with van der Waals surface area (Å²) < 4.78 is 0. The second-order valence-electron chi connectivity index (χ2n) is 8.35. The van der Waals surface area contributed by atoms with Crippen LogP contribution in [0, 0.1) is 24.0 Å². The number of hydrogen-bond donors (Lipinski definition) is 1. The van der Waals surface area contributed by atoms with Crippen molar-refractivity contribution in [3.05, 3.63) is 82.3 Å². The van der Waals surface area contributed by atoms with E-state index in [2.05, 4.69) is 57.2 Å². The fourth-order valence-corrected chi connectivity index (χ4v) is 4.44. The number of nitrogens with one attached hydrogen (secondary N) is 1. The van der Waals surface area contributed by atoms with Gasteiger partial charge in [-0.05, 0) is 55.3 Å². The van der Waals surface area contributed by atoms with Crippen LogP contribution in [0.4, 0.5) is 28.7 Å². The van der Waals surface area contributed by atoms with E-state index in [0.29, 0.717) is 24.6 Å². The van der Waals surface area contributed by atoms with Crippen molar-refractivity contribution in [3.8, 4) is 0 Å². The molecule has 1 saturated heterocycles. The summed E-state index contributed by atoms with van der Waals surface area (Å²) >= 11 is 0. The van der Waals surface area contributed by atoms with Crippen LogP contribution in [-0.2, 0) is 0 Å². The van der Waals surface area contributed by atoms with Gasteiger partial charge in [-0.1, -0.05) is 18.2 Å². The number of aryl methyl sites for hydroxylation is 1. The van der Waals surface area contributed by atoms with Gasteiger partial charge in [-0.2, -0.15) is 0 Å². The first kappa shape index (κ1) is 21.6. The lowest BCUT2D eigenvalue weighted by Crippen LogP contribution is -2.47. The van der Waals surface area contributed by atoms with Crippen molar-refractivity contribution in [1.29, 1.82) is 0 Å². The Morgan fingerprint density at radius 3 is 2.47 bits per heavy atom. The number of nitro groups is 1. The minimum atomic E-state index is -0.405. The second kappa shape index (κ2) is 8.93. The van der Waals surface area contributed by atoms with Crippen molar-refractivity contribution >= 4 is 39.6 Å². The highest BCUT2D eigenvalue weighted by atomic mass is 16.6. The van der Waals surface area contributed by atoms with Crippen molar-refractivity contribution in [1.82, 2.24) is 15.0 Å². The van der Waals surface area contributed by atoms with Crippen LogP contribution in [0.25, 0.3) is 10.9 Å². The summed E-state index contributed by atoms with van der Waals surface area (Å²) in [6, 6.07) is 15.7. The second-order valence-corrected chi connectivity index (χ2v) is 8.35. The number of hydrogen-bond acceptors (Lipinski definition) is 8. The monoisotopic (exact) mass is 455 g/mol. The number of benzene rings is 2. The van der Waals surface area contributed by atoms with E-state index in [1.165, 1.54) is 23.1 Å². The molecular weight excluding hydrogens is 430 g/mol. The first-order chi connectivity index (χ1) is 16.5. The Morgan fingerprint density at radius 2 is 1.68 bits per heavy atom. The Bertz CT molecular complexity index is 1360. The molecule has 2 aromatic heterocycles. The number of piperazine rings is 1. The summed E-state index contributed by atoms with van der Waals surface area (Å²) in [6.45, 7) is 7.01. The van der Waals surface area contributed by atoms with Gasteiger partial charge >= 0.3 is 5.69 Å². The third-order valence-electron chi connectivity index (χ3n) is 6.38. The van der Waals surface area contributed by atoms with E-state index in [-0.39, 0.29) is 11.5 Å². The van der Waals surface area contributed by atoms with Crippen LogP contribution in [0.15, 0.2) is 61.1 Å². The zero-order valence-corrected chi connectivity index (χ0v) is 19.1. The van der Waals surface area contributed by atoms with Gasteiger partial charge in [0.05, 0.1) is 10.4 Å². The Morgan fingerprint density at radius 1 is 0.912 bits per heavy atom. The number of anilines is 4. The van der Waals surface area contributed by atoms with Crippen LogP contribution in [0.5, 0.6) is 0 Å². The van der Waals surface area contributed by atoms with Gasteiger partial charge in [0, 0.05) is 49.1 Å². The third-order valence-corrected chi connectivity index (χ3v) is 6.38. The van der Waals surface area contributed by atoms with Gasteiger partial charge in [0.25, 0.3) is 0 Å². The average molecular weight is 456 g/mol. The third kappa shape index (κ3) is 3.96. The van der Waals surface area contributed by atoms with E-state index in [9.17, 15) is 10.1 Å². The molecule has 0 radical (unpaired) electrons. The zero-order chi connectivity index (χ0) is 23.7. The van der Waals surface area contributed by atoms with Crippen molar-refractivity contribution in [3.63, 3.8) is 0 Å². The van der Waals surface area contributed by atoms with Crippen LogP contribution in [0.2, 0.25) is 0 Å². The quantitative estimate of drug-likeness (QED) is 0.344. The molecule has 0 saturated carbocycles. The van der Waals surface area contributed by atoms with Crippen LogP contribution in [-0.4, -0.2) is 46.1 Å². The Hall–Kier alpha value is -4.27. The van der Waals surface area contributed by atoms with Crippen LogP contribution < -0.4 is 15.1 Å². The Balaban J connectivity index is 1.43. The van der Waals surface area contributed by atoms with Gasteiger partial charge in [-0.25, -0.2) is 9.97 Å². The number of fused-ring (bicyclic) bond motifs is 1. The van der Waals surface area contributed by atoms with E-state index < -0.39 is 4.92 Å². The summed E-state index contributed by atoms with van der Waals surface area (Å²) in [5, 5.41) is 16.2. The molecule has 5 rings (SSSR count). The molecule has 4 aromatic rings. The standard InChI is InChI=1S/C25H25N7O2/c1-17-6-3-10-22(18(17)2)30-12-14-31(15-13-30)25-23(32(33)34)24(27-16-28-25)29-21-9-4-8-20-19(21)7-5-11-26-20/h3-11,16H,12-15H2,1-2H3,(H,27,28,29). The number of pyridine rings is 1. The van der Waals surface area contributed by atoms with E-state index in [1.54, 1.807) is 6.20 Å². The van der Waals surface area contributed by atoms with Gasteiger partial charge in [0.1, 0.15) is 6.33 Å². The lowest BCUT2D eigenvalue weighted by Gasteiger charge is -2.37. The molecule has 9 heteroatoms. The molecule has 1 aliphatic heterocycles. The van der Waals surface area contributed by atoms with Crippen LogP contribution >= 0.6 is 0 Å². The fourth-order valence-electron chi connectivity index (χ4n) is 4.44. The van der Waals surface area contributed by atoms with Crippen molar-refractivity contribution in [2.24, 2.45) is 0 Å². The zero-order valence-electron chi connectivity index (χ0n) is 19.1. The summed E-state index contributed by atoms with van der Waals surface area (Å²) in [4.78, 5) is 28.9. The van der Waals surface area contributed by atoms with Crippen molar-refractivity contribution < 1.29 is 4.92 Å². The van der Waals surface area contributed by atoms with Crippen molar-refractivity contribution in [2.45, 2.75) is 13.8 Å². The molecule has 1 aliphatic rings. The lowest BCUT2D eigenvalue weighted by molar-refractivity contribution is -0.383. The van der Waals surface area contributed by atoms with Gasteiger partial charge in [-0.15, -0.1) is 0 Å². The molecule has 3 heterocycles. The van der Waals surface area contributed by atoms with Gasteiger partial charge in [-0.3, -0.25) is 15.1 Å². The minimum absolute atomic E-state index is 0.122. The summed E-state index contributed by atoms with van der Waals surface area (Å²) in [7, 11) is 0. The summed E-state index contributed by atoms with van der Waals surface area (Å²) in [5.74, 6) is 0.504. The topological polar surface area (TPSA) is 100 Å². The van der Waals surface area contributed by atoms with Gasteiger partial charge in [0.15, 0.2) is 0 Å². The summed E-state index contributed by atoms with van der Waals surface area (Å²) in [5.41, 5.74) is 5.11. The first-order valence-corrected chi connectivity index (χ1v) is 11.2. The highest BCUT2D eigenvalue weighted by Gasteiger charge is 2.30. The molecule has 2 aromatic carbocycles. The largest absolute Gasteiger partial charge is 0.368 e. The number of nitrogens with zero attached hydrogens (tertiary/aromatic N) is 6. The van der Waals surface area contributed by atoms with E-state index >= 15 is 0 Å². The maximum atomic E-state index is 12.1. The van der Waals surface area contributed by atoms with Crippen LogP contribution in [0.1, 0.15) is 11.1 Å². The molecule has 34 heavy (non-hydrogen) atoms. The predicted octanol–water partition coefficient (Wildman–Crippen LogP) is 4.62. The molecule has 1 N–H and O–H groups in total. The molecule has 0 amide bonds. The maximum absolute atomic E-state index is 12.1. The Kier molecular flexibility index (Phi) is 5.67. The Labute approximate surface area is 197 Å². The van der Waals surface area contributed by atoms with E-state index in [1.807, 2.05) is 35.2 Å². The molecule has 0 aliphatic carbocycles. The molecule has 0 bridgehead atoms. The molecule has 9 nitrogen and oxygen atoms in total. The maximum Gasteiger partial charge on any atom is 0.353 e. The van der Waals surface area contributed by atoms with Gasteiger partial charge in [0.2, 0.25) is 11.6 Å². The predicted molar refractivity (Wildman–Crippen MR) is 134 cm³/mol. The summed E-state index contributed by atoms with van der Waals surface area (Å²) in [6.07, 6.45) is 3.10. The molecular formula is C25H25N7O2. The normalized spacial score (nSPS) is 13.8. The average Bonchev–Trinajstić information content (AvgIpc) is 2.86. The highest BCUT2D eigenvalue weighted by Crippen LogP contribution is 2.36. The van der Waals surface area contributed by atoms with Crippen LogP contribution in [0.3, 0.4) is 0 Å². The molecule has 0 unspecified atom stereocenters. The fraction of sp³-hybridized carbons (Fsp3) is 0.240. The molecule has 0 atom stereocenters. The lowest BCUT2D eigenvalue weighted by atomic mass is 10.1. The SMILES string of the molecule is Cc1cccc(N2CCN(c3ncnc(Nc4cccc5ncccc45)c3[N+](=O)[O-])CC2)c1C. The van der Waals surface area contributed by atoms with E-state index in [4.69, 9.17) is 0 Å². The number of aromatic nitrogens is 3. The minimum Gasteiger partial charge on any atom is -0.368 e. The number of rotatable bonds is 5. The van der Waals surface area contributed by atoms with Crippen molar-refractivity contribution in [2.75, 3.05) is 41.3 Å². The molecule has 1 fully saturated rings. The molecule has 0 spiro atoms. The highest BCUT2D eigenvalue weighted by molar-refractivity contribution is 5.93. The smallest absolute Gasteiger partial charge is 0.353 e. The van der Waals surface area contributed by atoms with Gasteiger partial charge < -0.3 is 15.1 Å². The molecule has 172 valence electrons.